The number of carbonyl (C=O) groups is 1. The van der Waals surface area contributed by atoms with E-state index in [4.69, 9.17) is 0 Å². The summed E-state index contributed by atoms with van der Waals surface area (Å²) in [5.74, 6) is 0.333. The normalized spacial score (nSPS) is 18.6. The van der Waals surface area contributed by atoms with Gasteiger partial charge in [0.25, 0.3) is 5.91 Å². The lowest BCUT2D eigenvalue weighted by Crippen LogP contribution is -2.47. The first-order valence-corrected chi connectivity index (χ1v) is 10.1. The minimum Gasteiger partial charge on any atom is -0.347 e. The number of aryl methyl sites for hydroxylation is 1. The molecule has 2 aromatic rings. The molecule has 0 spiro atoms. The molecule has 1 saturated heterocycles. The molecule has 3 rings (SSSR count). The summed E-state index contributed by atoms with van der Waals surface area (Å²) in [6.45, 7) is 9.95. The van der Waals surface area contributed by atoms with Crippen molar-refractivity contribution < 1.29 is 4.79 Å². The van der Waals surface area contributed by atoms with Crippen LogP contribution >= 0.6 is 11.3 Å². The van der Waals surface area contributed by atoms with Crippen LogP contribution in [-0.2, 0) is 13.1 Å². The van der Waals surface area contributed by atoms with Crippen molar-refractivity contribution in [1.29, 1.82) is 0 Å². The van der Waals surface area contributed by atoms with Gasteiger partial charge in [-0.1, -0.05) is 19.9 Å². The van der Waals surface area contributed by atoms with Gasteiger partial charge in [-0.3, -0.25) is 14.4 Å². The molecule has 1 amide bonds. The molecular weight excluding hydrogens is 332 g/mol. The van der Waals surface area contributed by atoms with Crippen molar-refractivity contribution in [2.24, 2.45) is 0 Å². The first-order valence-electron chi connectivity index (χ1n) is 9.20. The molecule has 1 aliphatic heterocycles. The average molecular weight is 361 g/mol. The van der Waals surface area contributed by atoms with E-state index in [9.17, 15) is 4.79 Å². The highest BCUT2D eigenvalue weighted by Crippen LogP contribution is 2.18. The van der Waals surface area contributed by atoms with E-state index in [0.717, 1.165) is 38.2 Å². The maximum Gasteiger partial charge on any atom is 0.269 e. The summed E-state index contributed by atoms with van der Waals surface area (Å²) in [6.07, 6.45) is 2.17. The zero-order valence-corrected chi connectivity index (χ0v) is 16.2. The molecule has 0 radical (unpaired) electrons. The second-order valence-electron chi connectivity index (χ2n) is 7.05. The highest BCUT2D eigenvalue weighted by molar-refractivity contribution is 7.09. The Morgan fingerprint density at radius 3 is 3.00 bits per heavy atom. The zero-order valence-electron chi connectivity index (χ0n) is 15.4. The predicted octanol–water partition coefficient (Wildman–Crippen LogP) is 3.48. The second kappa shape index (κ2) is 8.15. The Hall–Kier alpha value is -1.66. The van der Waals surface area contributed by atoms with E-state index in [-0.39, 0.29) is 11.9 Å². The van der Waals surface area contributed by atoms with Crippen LogP contribution in [0.4, 0.5) is 0 Å². The maximum atomic E-state index is 12.8. The van der Waals surface area contributed by atoms with Gasteiger partial charge < -0.3 is 5.32 Å². The number of hydrogen-bond donors (Lipinski definition) is 1. The monoisotopic (exact) mass is 360 g/mol. The molecule has 0 aromatic carbocycles. The Morgan fingerprint density at radius 1 is 1.48 bits per heavy atom. The third kappa shape index (κ3) is 4.50. The van der Waals surface area contributed by atoms with E-state index in [2.05, 4.69) is 46.7 Å². The van der Waals surface area contributed by atoms with Crippen LogP contribution in [0.5, 0.6) is 0 Å². The fraction of sp³-hybridized carbons (Fsp3) is 0.579. The first kappa shape index (κ1) is 18.1. The van der Waals surface area contributed by atoms with Crippen LogP contribution in [0.25, 0.3) is 0 Å². The van der Waals surface area contributed by atoms with Crippen molar-refractivity contribution in [3.05, 3.63) is 39.8 Å². The van der Waals surface area contributed by atoms with E-state index in [1.54, 1.807) is 11.3 Å². The van der Waals surface area contributed by atoms with Crippen LogP contribution in [0, 0.1) is 0 Å². The molecule has 0 unspecified atom stereocenters. The molecule has 1 atom stereocenters. The molecule has 2 aromatic heterocycles. The molecule has 1 aliphatic rings. The van der Waals surface area contributed by atoms with Crippen molar-refractivity contribution in [3.8, 4) is 0 Å². The number of nitrogens with one attached hydrogen (secondary N) is 1. The minimum absolute atomic E-state index is 0.00391. The average Bonchev–Trinajstić information content (AvgIpc) is 3.24. The lowest BCUT2D eigenvalue weighted by Gasteiger charge is -2.32. The van der Waals surface area contributed by atoms with Gasteiger partial charge in [-0.05, 0) is 49.7 Å². The van der Waals surface area contributed by atoms with E-state index in [1.807, 2.05) is 17.7 Å². The molecule has 0 bridgehead atoms. The smallest absolute Gasteiger partial charge is 0.269 e. The van der Waals surface area contributed by atoms with Crippen LogP contribution in [0.3, 0.4) is 0 Å². The number of thiophene rings is 1. The Kier molecular flexibility index (Phi) is 5.91. The van der Waals surface area contributed by atoms with Gasteiger partial charge in [0, 0.05) is 30.6 Å². The second-order valence-corrected chi connectivity index (χ2v) is 8.08. The SMILES string of the molecule is CCn1nc(C(C)C)cc1C(=O)N[C@H]1CCCN(Cc2cccs2)C1. The van der Waals surface area contributed by atoms with Gasteiger partial charge in [-0.25, -0.2) is 0 Å². The predicted molar refractivity (Wildman–Crippen MR) is 102 cm³/mol. The van der Waals surface area contributed by atoms with Crippen molar-refractivity contribution >= 4 is 17.2 Å². The number of likely N-dealkylation sites (tertiary alicyclic amines) is 1. The molecule has 1 N–H and O–H groups in total. The molecular formula is C19H28N4OS. The quantitative estimate of drug-likeness (QED) is 0.858. The van der Waals surface area contributed by atoms with Crippen molar-refractivity contribution in [3.63, 3.8) is 0 Å². The summed E-state index contributed by atoms with van der Waals surface area (Å²) >= 11 is 1.80. The Balaban J connectivity index is 1.62. The molecule has 6 heteroatoms. The molecule has 25 heavy (non-hydrogen) atoms. The number of hydrogen-bond acceptors (Lipinski definition) is 4. The highest BCUT2D eigenvalue weighted by atomic mass is 32.1. The first-order chi connectivity index (χ1) is 12.1. The van der Waals surface area contributed by atoms with E-state index in [0.29, 0.717) is 18.2 Å². The fourth-order valence-electron chi connectivity index (χ4n) is 3.34. The topological polar surface area (TPSA) is 50.2 Å². The Bertz CT molecular complexity index is 692. The van der Waals surface area contributed by atoms with Crippen LogP contribution in [0.2, 0.25) is 0 Å². The molecule has 0 saturated carbocycles. The number of rotatable bonds is 6. The summed E-state index contributed by atoms with van der Waals surface area (Å²) in [5, 5.41) is 9.91. The lowest BCUT2D eigenvalue weighted by molar-refractivity contribution is 0.0890. The van der Waals surface area contributed by atoms with Gasteiger partial charge in [0.05, 0.1) is 5.69 Å². The number of nitrogens with zero attached hydrogens (tertiary/aromatic N) is 3. The number of aromatic nitrogens is 2. The van der Waals surface area contributed by atoms with Crippen LogP contribution in [0.1, 0.15) is 60.6 Å². The number of carbonyl (C=O) groups excluding carboxylic acids is 1. The third-order valence-electron chi connectivity index (χ3n) is 4.72. The minimum atomic E-state index is 0.00391. The number of piperidine rings is 1. The molecule has 5 nitrogen and oxygen atoms in total. The summed E-state index contributed by atoms with van der Waals surface area (Å²) in [5.41, 5.74) is 1.66. The van der Waals surface area contributed by atoms with Gasteiger partial charge >= 0.3 is 0 Å². The van der Waals surface area contributed by atoms with Gasteiger partial charge in [-0.2, -0.15) is 5.10 Å². The summed E-state index contributed by atoms with van der Waals surface area (Å²) < 4.78 is 1.82. The summed E-state index contributed by atoms with van der Waals surface area (Å²) in [7, 11) is 0. The molecule has 0 aliphatic carbocycles. The zero-order chi connectivity index (χ0) is 17.8. The standard InChI is InChI=1S/C19H28N4OS/c1-4-23-18(11-17(21-23)14(2)3)19(24)20-15-7-5-9-22(12-15)13-16-8-6-10-25-16/h6,8,10-11,14-15H,4-5,7,9,12-13H2,1-3H3,(H,20,24)/t15-/m0/s1. The van der Waals surface area contributed by atoms with Crippen molar-refractivity contribution in [2.45, 2.75) is 58.7 Å². The lowest BCUT2D eigenvalue weighted by atomic mass is 10.1. The van der Waals surface area contributed by atoms with E-state index in [1.165, 1.54) is 4.88 Å². The largest absolute Gasteiger partial charge is 0.347 e. The van der Waals surface area contributed by atoms with E-state index < -0.39 is 0 Å². The van der Waals surface area contributed by atoms with Gasteiger partial charge in [-0.15, -0.1) is 11.3 Å². The maximum absolute atomic E-state index is 12.8. The van der Waals surface area contributed by atoms with Crippen molar-refractivity contribution in [2.75, 3.05) is 13.1 Å². The molecule has 136 valence electrons. The van der Waals surface area contributed by atoms with Gasteiger partial charge in [0.1, 0.15) is 5.69 Å². The Labute approximate surface area is 154 Å². The third-order valence-corrected chi connectivity index (χ3v) is 5.58. The van der Waals surface area contributed by atoms with Gasteiger partial charge in [0.2, 0.25) is 0 Å². The molecule has 3 heterocycles. The van der Waals surface area contributed by atoms with Gasteiger partial charge in [0.15, 0.2) is 0 Å². The highest BCUT2D eigenvalue weighted by Gasteiger charge is 2.24. The Morgan fingerprint density at radius 2 is 2.32 bits per heavy atom. The summed E-state index contributed by atoms with van der Waals surface area (Å²) in [6, 6.07) is 6.43. The van der Waals surface area contributed by atoms with Crippen molar-refractivity contribution in [1.82, 2.24) is 20.0 Å². The van der Waals surface area contributed by atoms with Crippen LogP contribution in [0.15, 0.2) is 23.6 Å². The van der Waals surface area contributed by atoms with E-state index >= 15 is 0 Å². The summed E-state index contributed by atoms with van der Waals surface area (Å²) in [4.78, 5) is 16.6. The number of amides is 1. The fourth-order valence-corrected chi connectivity index (χ4v) is 4.09. The molecule has 1 fully saturated rings. The van der Waals surface area contributed by atoms with Crippen LogP contribution < -0.4 is 5.32 Å². The van der Waals surface area contributed by atoms with Crippen LogP contribution in [-0.4, -0.2) is 39.7 Å².